The van der Waals surface area contributed by atoms with E-state index in [0.29, 0.717) is 24.9 Å². The quantitative estimate of drug-likeness (QED) is 0.519. The second-order valence-electron chi connectivity index (χ2n) is 7.42. The number of carbonyl (C=O) groups excluding carboxylic acids is 1. The zero-order valence-electron chi connectivity index (χ0n) is 16.0. The molecule has 2 aliphatic rings. The van der Waals surface area contributed by atoms with E-state index < -0.39 is 0 Å². The average molecular weight is 381 g/mol. The zero-order valence-corrected chi connectivity index (χ0v) is 16.0. The molecule has 1 amide bonds. The van der Waals surface area contributed by atoms with E-state index in [1.165, 1.54) is 0 Å². The summed E-state index contributed by atoms with van der Waals surface area (Å²) in [5.74, 6) is 0.348. The van der Waals surface area contributed by atoms with Crippen molar-refractivity contribution < 1.29 is 14.3 Å². The van der Waals surface area contributed by atoms with Crippen molar-refractivity contribution in [3.63, 3.8) is 0 Å². The lowest BCUT2D eigenvalue weighted by molar-refractivity contribution is -0.128. The molecule has 1 aliphatic carbocycles. The Kier molecular flexibility index (Phi) is 7.42. The molecule has 2 heterocycles. The van der Waals surface area contributed by atoms with E-state index in [4.69, 9.17) is 9.47 Å². The van der Waals surface area contributed by atoms with E-state index >= 15 is 0 Å². The number of aromatic amines is 2. The smallest absolute Gasteiger partial charge is 0.340 e. The van der Waals surface area contributed by atoms with Crippen molar-refractivity contribution in [1.82, 2.24) is 25.8 Å². The third-order valence-corrected chi connectivity index (χ3v) is 5.35. The molecule has 0 spiro atoms. The molecule has 1 aliphatic heterocycles. The van der Waals surface area contributed by atoms with Gasteiger partial charge in [-0.2, -0.15) is 5.10 Å². The minimum atomic E-state index is -0.369. The van der Waals surface area contributed by atoms with Crippen LogP contribution in [-0.2, 0) is 20.8 Å². The molecule has 3 rings (SSSR count). The highest BCUT2D eigenvalue weighted by atomic mass is 16.5. The first-order chi connectivity index (χ1) is 13.2. The summed E-state index contributed by atoms with van der Waals surface area (Å²) in [7, 11) is 0. The number of hydrogen-bond acceptors (Lipinski definition) is 6. The van der Waals surface area contributed by atoms with Gasteiger partial charge >= 0.3 is 5.69 Å². The molecule has 3 atom stereocenters. The summed E-state index contributed by atoms with van der Waals surface area (Å²) in [6, 6.07) is 0.754. The van der Waals surface area contributed by atoms with Gasteiger partial charge < -0.3 is 20.1 Å². The number of amides is 1. The third-order valence-electron chi connectivity index (χ3n) is 5.35. The summed E-state index contributed by atoms with van der Waals surface area (Å²) < 4.78 is 11.5. The van der Waals surface area contributed by atoms with Crippen molar-refractivity contribution >= 4 is 5.91 Å². The maximum absolute atomic E-state index is 12.6. The van der Waals surface area contributed by atoms with Crippen LogP contribution in [0.1, 0.15) is 51.3 Å². The monoisotopic (exact) mass is 381 g/mol. The summed E-state index contributed by atoms with van der Waals surface area (Å²) in [5, 5.41) is 12.7. The molecule has 0 radical (unpaired) electrons. The van der Waals surface area contributed by atoms with E-state index in [9.17, 15) is 9.59 Å². The Morgan fingerprint density at radius 3 is 2.81 bits per heavy atom. The van der Waals surface area contributed by atoms with E-state index in [1.807, 2.05) is 0 Å². The normalized spacial score (nSPS) is 26.8. The topological polar surface area (TPSA) is 121 Å². The molecule has 1 saturated carbocycles. The molecule has 0 bridgehead atoms. The van der Waals surface area contributed by atoms with Crippen molar-refractivity contribution in [1.29, 1.82) is 0 Å². The van der Waals surface area contributed by atoms with Crippen molar-refractivity contribution in [2.45, 2.75) is 70.2 Å². The summed E-state index contributed by atoms with van der Waals surface area (Å²) in [4.78, 5) is 26.2. The molecule has 4 N–H and O–H groups in total. The maximum atomic E-state index is 12.6. The minimum absolute atomic E-state index is 0.00605. The van der Waals surface area contributed by atoms with Gasteiger partial charge in [0.05, 0.1) is 12.6 Å². The largest absolute Gasteiger partial charge is 0.381 e. The van der Waals surface area contributed by atoms with Crippen molar-refractivity contribution in [3.8, 4) is 0 Å². The average Bonchev–Trinajstić information content (AvgIpc) is 3.11. The second-order valence-corrected chi connectivity index (χ2v) is 7.42. The Balaban J connectivity index is 1.52. The highest BCUT2D eigenvalue weighted by Crippen LogP contribution is 2.28. The van der Waals surface area contributed by atoms with Gasteiger partial charge in [-0.25, -0.2) is 9.89 Å². The predicted octanol–water partition coefficient (Wildman–Crippen LogP) is 0.447. The van der Waals surface area contributed by atoms with E-state index in [0.717, 1.165) is 45.3 Å². The fourth-order valence-corrected chi connectivity index (χ4v) is 3.88. The predicted molar refractivity (Wildman–Crippen MR) is 99.2 cm³/mol. The van der Waals surface area contributed by atoms with Crippen LogP contribution in [0, 0.1) is 5.92 Å². The van der Waals surface area contributed by atoms with Crippen molar-refractivity contribution in [3.05, 3.63) is 16.3 Å². The number of carbonyl (C=O) groups is 1. The van der Waals surface area contributed by atoms with Crippen LogP contribution in [0.4, 0.5) is 0 Å². The number of hydrogen-bond donors (Lipinski definition) is 4. The van der Waals surface area contributed by atoms with Crippen LogP contribution in [0.5, 0.6) is 0 Å². The minimum Gasteiger partial charge on any atom is -0.381 e. The molecule has 9 heteroatoms. The molecule has 152 valence electrons. The first-order valence-electron chi connectivity index (χ1n) is 10.0. The SMILES string of the molecule is CCCO[C@@H]1C[C@@H](C(=O)NCc2n[nH]c(=O)[nH]2)CC[C@H]1NC1CCOCC1. The number of aromatic nitrogens is 3. The van der Waals surface area contributed by atoms with Gasteiger partial charge in [-0.15, -0.1) is 0 Å². The van der Waals surface area contributed by atoms with Crippen LogP contribution in [0.2, 0.25) is 0 Å². The van der Waals surface area contributed by atoms with Crippen molar-refractivity contribution in [2.75, 3.05) is 19.8 Å². The summed E-state index contributed by atoms with van der Waals surface area (Å²) in [6.07, 6.45) is 5.53. The summed E-state index contributed by atoms with van der Waals surface area (Å²) in [6.45, 7) is 4.65. The maximum Gasteiger partial charge on any atom is 0.340 e. The summed E-state index contributed by atoms with van der Waals surface area (Å²) in [5.41, 5.74) is -0.369. The van der Waals surface area contributed by atoms with Gasteiger partial charge in [0, 0.05) is 37.8 Å². The molecule has 1 aromatic rings. The molecular formula is C18H31N5O4. The molecular weight excluding hydrogens is 350 g/mol. The van der Waals surface area contributed by atoms with Crippen LogP contribution in [0.15, 0.2) is 4.79 Å². The van der Waals surface area contributed by atoms with Crippen LogP contribution >= 0.6 is 0 Å². The van der Waals surface area contributed by atoms with E-state index in [1.54, 1.807) is 0 Å². The van der Waals surface area contributed by atoms with Crippen LogP contribution in [-0.4, -0.2) is 59.1 Å². The van der Waals surface area contributed by atoms with Crippen molar-refractivity contribution in [2.24, 2.45) is 5.92 Å². The van der Waals surface area contributed by atoms with Crippen LogP contribution in [0.3, 0.4) is 0 Å². The molecule has 27 heavy (non-hydrogen) atoms. The Morgan fingerprint density at radius 2 is 2.11 bits per heavy atom. The van der Waals surface area contributed by atoms with Gasteiger partial charge in [-0.3, -0.25) is 9.78 Å². The third kappa shape index (κ3) is 5.88. The highest BCUT2D eigenvalue weighted by molar-refractivity contribution is 5.78. The molecule has 2 fully saturated rings. The zero-order chi connectivity index (χ0) is 19.1. The number of H-pyrrole nitrogens is 2. The second kappa shape index (κ2) is 10.0. The Hall–Kier alpha value is -1.71. The van der Waals surface area contributed by atoms with Gasteiger partial charge in [-0.1, -0.05) is 6.92 Å². The highest BCUT2D eigenvalue weighted by Gasteiger charge is 2.35. The fraction of sp³-hybridized carbons (Fsp3) is 0.833. The van der Waals surface area contributed by atoms with Gasteiger partial charge in [0.15, 0.2) is 0 Å². The Bertz CT molecular complexity index is 640. The Labute approximate surface area is 159 Å². The van der Waals surface area contributed by atoms with Crippen LogP contribution < -0.4 is 16.3 Å². The van der Waals surface area contributed by atoms with Gasteiger partial charge in [0.25, 0.3) is 0 Å². The molecule has 0 aromatic carbocycles. The van der Waals surface area contributed by atoms with Gasteiger partial charge in [0.2, 0.25) is 5.91 Å². The molecule has 0 unspecified atom stereocenters. The standard InChI is InChI=1S/C18H31N5O4/c1-2-7-27-15-10-12(17(24)19-11-16-21-18(25)23-22-16)3-4-14(15)20-13-5-8-26-9-6-13/h12-15,20H,2-11H2,1H3,(H,19,24)(H2,21,22,23,25)/t12-,14+,15+/m0/s1. The number of ether oxygens (including phenoxy) is 2. The first kappa shape index (κ1) is 20.0. The first-order valence-corrected chi connectivity index (χ1v) is 10.0. The number of nitrogens with zero attached hydrogens (tertiary/aromatic N) is 1. The van der Waals surface area contributed by atoms with Gasteiger partial charge in [-0.05, 0) is 38.5 Å². The summed E-state index contributed by atoms with van der Waals surface area (Å²) >= 11 is 0. The lowest BCUT2D eigenvalue weighted by Crippen LogP contribution is -2.52. The number of rotatable bonds is 8. The Morgan fingerprint density at radius 1 is 1.30 bits per heavy atom. The molecule has 1 aromatic heterocycles. The van der Waals surface area contributed by atoms with E-state index in [-0.39, 0.29) is 36.2 Å². The van der Waals surface area contributed by atoms with E-state index in [2.05, 4.69) is 32.7 Å². The fourth-order valence-electron chi connectivity index (χ4n) is 3.88. The van der Waals surface area contributed by atoms with Crippen LogP contribution in [0.25, 0.3) is 0 Å². The number of nitrogens with one attached hydrogen (secondary N) is 4. The van der Waals surface area contributed by atoms with Gasteiger partial charge in [0.1, 0.15) is 5.82 Å². The molecule has 1 saturated heterocycles. The lowest BCUT2D eigenvalue weighted by Gasteiger charge is -2.38. The molecule has 9 nitrogen and oxygen atoms in total. The lowest BCUT2D eigenvalue weighted by atomic mass is 9.82.